The highest BCUT2D eigenvalue weighted by Gasteiger charge is 2.24. The van der Waals surface area contributed by atoms with Crippen molar-refractivity contribution in [3.05, 3.63) is 72.2 Å². The van der Waals surface area contributed by atoms with Gasteiger partial charge in [-0.1, -0.05) is 36.9 Å². The van der Waals surface area contributed by atoms with Crippen molar-refractivity contribution in [3.8, 4) is 11.1 Å². The van der Waals surface area contributed by atoms with E-state index >= 15 is 0 Å². The van der Waals surface area contributed by atoms with Crippen LogP contribution in [0.1, 0.15) is 11.1 Å². The smallest absolute Gasteiger partial charge is 0.170 e. The Labute approximate surface area is 108 Å². The van der Waals surface area contributed by atoms with Crippen LogP contribution in [0.15, 0.2) is 30.8 Å². The first kappa shape index (κ1) is 13.3. The van der Waals surface area contributed by atoms with Gasteiger partial charge in [-0.25, -0.2) is 17.6 Å². The molecule has 0 fully saturated rings. The van der Waals surface area contributed by atoms with E-state index in [1.165, 1.54) is 18.2 Å². The maximum absolute atomic E-state index is 13.9. The number of hydrogen-bond acceptors (Lipinski definition) is 0. The third-order valence-electron chi connectivity index (χ3n) is 2.72. The van der Waals surface area contributed by atoms with Gasteiger partial charge in [0.15, 0.2) is 23.3 Å². The SMILES string of the molecule is [CH2]c1cccc(-c2c(F)c(F)c(C=C)c(F)c2F)c1. The third-order valence-corrected chi connectivity index (χ3v) is 2.72. The Morgan fingerprint density at radius 1 is 0.895 bits per heavy atom. The van der Waals surface area contributed by atoms with E-state index in [0.717, 1.165) is 6.08 Å². The Balaban J connectivity index is 2.82. The Bertz CT molecular complexity index is 630. The second-order valence-electron chi connectivity index (χ2n) is 3.95. The summed E-state index contributed by atoms with van der Waals surface area (Å²) in [7, 11) is 0. The molecule has 0 aliphatic rings. The molecule has 0 saturated heterocycles. The van der Waals surface area contributed by atoms with E-state index in [2.05, 4.69) is 13.5 Å². The second-order valence-corrected chi connectivity index (χ2v) is 3.95. The van der Waals surface area contributed by atoms with Crippen LogP contribution >= 0.6 is 0 Å². The Kier molecular flexibility index (Phi) is 3.42. The molecule has 0 N–H and O–H groups in total. The molecule has 0 atom stereocenters. The Hall–Kier alpha value is -2.10. The van der Waals surface area contributed by atoms with Gasteiger partial charge < -0.3 is 0 Å². The van der Waals surface area contributed by atoms with Gasteiger partial charge in [0, 0.05) is 0 Å². The van der Waals surface area contributed by atoms with Gasteiger partial charge in [-0.05, 0) is 18.1 Å². The molecule has 1 radical (unpaired) electrons. The van der Waals surface area contributed by atoms with Crippen molar-refractivity contribution in [1.29, 1.82) is 0 Å². The minimum atomic E-state index is -1.46. The number of rotatable bonds is 2. The van der Waals surface area contributed by atoms with Gasteiger partial charge in [0.2, 0.25) is 0 Å². The van der Waals surface area contributed by atoms with Crippen LogP contribution in [0.2, 0.25) is 0 Å². The van der Waals surface area contributed by atoms with Crippen molar-refractivity contribution in [1.82, 2.24) is 0 Å². The van der Waals surface area contributed by atoms with Crippen LogP contribution in [0, 0.1) is 30.2 Å². The van der Waals surface area contributed by atoms with E-state index in [9.17, 15) is 17.6 Å². The molecule has 0 nitrogen and oxygen atoms in total. The Morgan fingerprint density at radius 2 is 1.47 bits per heavy atom. The summed E-state index contributed by atoms with van der Waals surface area (Å²) in [4.78, 5) is 0. The zero-order chi connectivity index (χ0) is 14.2. The van der Waals surface area contributed by atoms with Gasteiger partial charge in [-0.2, -0.15) is 0 Å². The molecule has 2 aromatic carbocycles. The van der Waals surface area contributed by atoms with Gasteiger partial charge in [0.05, 0.1) is 11.1 Å². The monoisotopic (exact) mass is 265 g/mol. The zero-order valence-corrected chi connectivity index (χ0v) is 9.81. The van der Waals surface area contributed by atoms with Crippen molar-refractivity contribution >= 4 is 6.08 Å². The van der Waals surface area contributed by atoms with E-state index in [0.29, 0.717) is 5.56 Å². The first-order chi connectivity index (χ1) is 8.97. The van der Waals surface area contributed by atoms with Crippen LogP contribution < -0.4 is 0 Å². The normalized spacial score (nSPS) is 10.6. The molecule has 4 heteroatoms. The van der Waals surface area contributed by atoms with Crippen LogP contribution in [-0.2, 0) is 0 Å². The van der Waals surface area contributed by atoms with Crippen molar-refractivity contribution in [2.75, 3.05) is 0 Å². The topological polar surface area (TPSA) is 0 Å². The highest BCUT2D eigenvalue weighted by atomic mass is 19.2. The van der Waals surface area contributed by atoms with Crippen LogP contribution in [0.25, 0.3) is 17.2 Å². The molecular formula is C15H9F4. The van der Waals surface area contributed by atoms with Crippen LogP contribution in [0.5, 0.6) is 0 Å². The molecule has 0 saturated carbocycles. The minimum absolute atomic E-state index is 0.0240. The summed E-state index contributed by atoms with van der Waals surface area (Å²) >= 11 is 0. The standard InChI is InChI=1S/C15H9F4/c1-3-10-12(16)14(18)11(15(19)13(10)17)9-6-4-5-8(2)7-9/h3-7H,1-2H2. The van der Waals surface area contributed by atoms with Crippen LogP contribution in [-0.4, -0.2) is 0 Å². The summed E-state index contributed by atoms with van der Waals surface area (Å²) in [6.45, 7) is 6.72. The van der Waals surface area contributed by atoms with Crippen LogP contribution in [0.4, 0.5) is 17.6 Å². The van der Waals surface area contributed by atoms with Crippen LogP contribution in [0.3, 0.4) is 0 Å². The first-order valence-corrected chi connectivity index (χ1v) is 5.38. The van der Waals surface area contributed by atoms with E-state index in [4.69, 9.17) is 0 Å². The Morgan fingerprint density at radius 3 is 1.95 bits per heavy atom. The molecular weight excluding hydrogens is 256 g/mol. The highest BCUT2D eigenvalue weighted by Crippen LogP contribution is 2.32. The molecule has 0 aliphatic heterocycles. The van der Waals surface area contributed by atoms with E-state index in [1.54, 1.807) is 6.07 Å². The molecule has 0 aliphatic carbocycles. The van der Waals surface area contributed by atoms with Crippen molar-refractivity contribution in [2.45, 2.75) is 0 Å². The summed E-state index contributed by atoms with van der Waals surface area (Å²) < 4.78 is 55.0. The molecule has 19 heavy (non-hydrogen) atoms. The predicted octanol–water partition coefficient (Wildman–Crippen LogP) is 4.74. The van der Waals surface area contributed by atoms with Crippen molar-refractivity contribution in [3.63, 3.8) is 0 Å². The average molecular weight is 265 g/mol. The summed E-state index contributed by atoms with van der Waals surface area (Å²) in [5.41, 5.74) is -1.06. The third kappa shape index (κ3) is 2.14. The maximum Gasteiger partial charge on any atom is 0.170 e. The quantitative estimate of drug-likeness (QED) is 0.543. The lowest BCUT2D eigenvalue weighted by Gasteiger charge is -2.10. The summed E-state index contributed by atoms with van der Waals surface area (Å²) in [5.74, 6) is -5.81. The van der Waals surface area contributed by atoms with E-state index in [-0.39, 0.29) is 5.56 Å². The van der Waals surface area contributed by atoms with Gasteiger partial charge >= 0.3 is 0 Å². The lowest BCUT2D eigenvalue weighted by Crippen LogP contribution is -2.03. The fraction of sp³-hybridized carbons (Fsp3) is 0. The fourth-order valence-corrected chi connectivity index (χ4v) is 1.81. The molecule has 0 heterocycles. The number of halogens is 4. The largest absolute Gasteiger partial charge is 0.203 e. The summed E-state index contributed by atoms with van der Waals surface area (Å²) in [6.07, 6.45) is 0.735. The van der Waals surface area contributed by atoms with Gasteiger partial charge in [0.1, 0.15) is 0 Å². The molecule has 2 aromatic rings. The zero-order valence-electron chi connectivity index (χ0n) is 9.81. The van der Waals surface area contributed by atoms with E-state index < -0.39 is 34.4 Å². The fourth-order valence-electron chi connectivity index (χ4n) is 1.81. The predicted molar refractivity (Wildman–Crippen MR) is 66.3 cm³/mol. The minimum Gasteiger partial charge on any atom is -0.203 e. The highest BCUT2D eigenvalue weighted by molar-refractivity contribution is 5.68. The van der Waals surface area contributed by atoms with Crippen molar-refractivity contribution < 1.29 is 17.6 Å². The summed E-state index contributed by atoms with van der Waals surface area (Å²) in [6, 6.07) is 5.79. The molecule has 0 amide bonds. The first-order valence-electron chi connectivity index (χ1n) is 5.38. The molecule has 97 valence electrons. The second kappa shape index (κ2) is 4.88. The van der Waals surface area contributed by atoms with Gasteiger partial charge in [0.25, 0.3) is 0 Å². The molecule has 0 aromatic heterocycles. The molecule has 2 rings (SSSR count). The number of hydrogen-bond donors (Lipinski definition) is 0. The maximum atomic E-state index is 13.9. The molecule has 0 spiro atoms. The number of benzene rings is 2. The van der Waals surface area contributed by atoms with Gasteiger partial charge in [-0.3, -0.25) is 0 Å². The molecule has 0 bridgehead atoms. The summed E-state index contributed by atoms with van der Waals surface area (Å²) in [5, 5.41) is 0. The average Bonchev–Trinajstić information content (AvgIpc) is 2.38. The lowest BCUT2D eigenvalue weighted by molar-refractivity contribution is 0.455. The van der Waals surface area contributed by atoms with E-state index in [1.807, 2.05) is 0 Å². The lowest BCUT2D eigenvalue weighted by atomic mass is 9.99. The van der Waals surface area contributed by atoms with Gasteiger partial charge in [-0.15, -0.1) is 0 Å². The molecule has 0 unspecified atom stereocenters. The van der Waals surface area contributed by atoms with Crippen molar-refractivity contribution in [2.24, 2.45) is 0 Å².